The summed E-state index contributed by atoms with van der Waals surface area (Å²) in [7, 11) is 1.67. The summed E-state index contributed by atoms with van der Waals surface area (Å²) >= 11 is 4.68. The molecular formula is C14H14OS. The first-order valence-corrected chi connectivity index (χ1v) is 5.60. The van der Waals surface area contributed by atoms with Gasteiger partial charge in [-0.1, -0.05) is 60.7 Å². The van der Waals surface area contributed by atoms with Crippen molar-refractivity contribution in [3.63, 3.8) is 0 Å². The molecule has 0 N–H and O–H groups in total. The van der Waals surface area contributed by atoms with E-state index >= 15 is 0 Å². The second-order valence-electron chi connectivity index (χ2n) is 3.58. The number of thiol groups is 1. The molecule has 2 aromatic rings. The van der Waals surface area contributed by atoms with Gasteiger partial charge in [0.2, 0.25) is 0 Å². The van der Waals surface area contributed by atoms with E-state index in [4.69, 9.17) is 4.74 Å². The first-order chi connectivity index (χ1) is 7.77. The summed E-state index contributed by atoms with van der Waals surface area (Å²) in [5, 5.41) is 0. The fraction of sp³-hybridized carbons (Fsp3) is 0.143. The Balaban J connectivity index is 2.49. The molecule has 16 heavy (non-hydrogen) atoms. The zero-order chi connectivity index (χ0) is 11.4. The molecule has 0 saturated carbocycles. The van der Waals surface area contributed by atoms with Gasteiger partial charge in [-0.3, -0.25) is 0 Å². The first-order valence-electron chi connectivity index (χ1n) is 5.16. The van der Waals surface area contributed by atoms with Crippen LogP contribution in [-0.2, 0) is 9.67 Å². The second kappa shape index (κ2) is 4.73. The van der Waals surface area contributed by atoms with Crippen molar-refractivity contribution in [1.82, 2.24) is 0 Å². The van der Waals surface area contributed by atoms with E-state index in [1.807, 2.05) is 60.7 Å². The summed E-state index contributed by atoms with van der Waals surface area (Å²) in [5.41, 5.74) is 2.07. The van der Waals surface area contributed by atoms with Crippen LogP contribution in [0.4, 0.5) is 0 Å². The maximum absolute atomic E-state index is 5.57. The van der Waals surface area contributed by atoms with Crippen molar-refractivity contribution in [2.24, 2.45) is 0 Å². The van der Waals surface area contributed by atoms with Gasteiger partial charge >= 0.3 is 0 Å². The molecule has 1 nitrogen and oxygen atoms in total. The zero-order valence-corrected chi connectivity index (χ0v) is 10.0. The van der Waals surface area contributed by atoms with E-state index in [1.54, 1.807) is 7.11 Å². The van der Waals surface area contributed by atoms with Gasteiger partial charge in [0.25, 0.3) is 0 Å². The number of hydrogen-bond donors (Lipinski definition) is 1. The van der Waals surface area contributed by atoms with Crippen LogP contribution < -0.4 is 0 Å². The van der Waals surface area contributed by atoms with E-state index in [0.29, 0.717) is 0 Å². The van der Waals surface area contributed by atoms with Crippen molar-refractivity contribution in [3.8, 4) is 0 Å². The lowest BCUT2D eigenvalue weighted by Crippen LogP contribution is -2.22. The topological polar surface area (TPSA) is 9.23 Å². The number of rotatable bonds is 3. The minimum atomic E-state index is -0.678. The highest BCUT2D eigenvalue weighted by atomic mass is 32.1. The highest BCUT2D eigenvalue weighted by molar-refractivity contribution is 7.81. The van der Waals surface area contributed by atoms with E-state index in [9.17, 15) is 0 Å². The summed E-state index contributed by atoms with van der Waals surface area (Å²) < 4.78 is 5.57. The van der Waals surface area contributed by atoms with Crippen LogP contribution in [0.25, 0.3) is 0 Å². The van der Waals surface area contributed by atoms with Crippen LogP contribution in [0.5, 0.6) is 0 Å². The van der Waals surface area contributed by atoms with E-state index < -0.39 is 4.93 Å². The monoisotopic (exact) mass is 230 g/mol. The largest absolute Gasteiger partial charge is 0.359 e. The lowest BCUT2D eigenvalue weighted by atomic mass is 10.0. The number of benzene rings is 2. The molecule has 0 aromatic heterocycles. The molecule has 82 valence electrons. The molecule has 0 aliphatic heterocycles. The maximum atomic E-state index is 5.57. The molecule has 0 fully saturated rings. The van der Waals surface area contributed by atoms with E-state index in [1.165, 1.54) is 0 Å². The van der Waals surface area contributed by atoms with Crippen LogP contribution in [0.3, 0.4) is 0 Å². The van der Waals surface area contributed by atoms with Crippen LogP contribution in [0, 0.1) is 0 Å². The predicted molar refractivity (Wildman–Crippen MR) is 69.7 cm³/mol. The molecule has 0 heterocycles. The average Bonchev–Trinajstić information content (AvgIpc) is 2.40. The lowest BCUT2D eigenvalue weighted by molar-refractivity contribution is 0.106. The smallest absolute Gasteiger partial charge is 0.161 e. The van der Waals surface area contributed by atoms with Gasteiger partial charge in [0.15, 0.2) is 4.93 Å². The SMILES string of the molecule is COC(S)(c1ccccc1)c1ccccc1. The fourth-order valence-electron chi connectivity index (χ4n) is 1.73. The van der Waals surface area contributed by atoms with Crippen molar-refractivity contribution in [2.45, 2.75) is 4.93 Å². The molecule has 0 amide bonds. The van der Waals surface area contributed by atoms with Gasteiger partial charge in [-0.15, -0.1) is 12.6 Å². The second-order valence-corrected chi connectivity index (χ2v) is 4.21. The average molecular weight is 230 g/mol. The normalized spacial score (nSPS) is 11.4. The third kappa shape index (κ3) is 1.99. The minimum Gasteiger partial charge on any atom is -0.359 e. The standard InChI is InChI=1S/C14H14OS/c1-15-14(16,12-8-4-2-5-9-12)13-10-6-3-7-11-13/h2-11,16H,1H3. The van der Waals surface area contributed by atoms with Crippen LogP contribution in [0.2, 0.25) is 0 Å². The third-order valence-electron chi connectivity index (χ3n) is 2.63. The molecule has 0 spiro atoms. The predicted octanol–water partition coefficient (Wildman–Crippen LogP) is 3.46. The van der Waals surface area contributed by atoms with E-state index in [2.05, 4.69) is 12.6 Å². The third-order valence-corrected chi connectivity index (χ3v) is 3.32. The molecule has 0 bridgehead atoms. The van der Waals surface area contributed by atoms with Gasteiger partial charge in [-0.2, -0.15) is 0 Å². The Bertz CT molecular complexity index is 399. The molecule has 2 rings (SSSR count). The zero-order valence-electron chi connectivity index (χ0n) is 9.13. The summed E-state index contributed by atoms with van der Waals surface area (Å²) in [6, 6.07) is 20.0. The molecule has 0 aliphatic carbocycles. The Labute approximate surface area is 101 Å². The first kappa shape index (κ1) is 11.2. The van der Waals surface area contributed by atoms with Gasteiger partial charge in [0, 0.05) is 7.11 Å². The fourth-order valence-corrected chi connectivity index (χ4v) is 2.03. The molecular weight excluding hydrogens is 216 g/mol. The van der Waals surface area contributed by atoms with Gasteiger partial charge < -0.3 is 4.74 Å². The number of ether oxygens (including phenoxy) is 1. The number of methoxy groups -OCH3 is 1. The highest BCUT2D eigenvalue weighted by Crippen LogP contribution is 2.36. The minimum absolute atomic E-state index is 0.678. The Morgan fingerprint density at radius 2 is 1.19 bits per heavy atom. The summed E-state index contributed by atoms with van der Waals surface area (Å²) in [6.07, 6.45) is 0. The molecule has 0 unspecified atom stereocenters. The Morgan fingerprint density at radius 3 is 1.50 bits per heavy atom. The van der Waals surface area contributed by atoms with Crippen molar-refractivity contribution in [3.05, 3.63) is 71.8 Å². The van der Waals surface area contributed by atoms with Crippen LogP contribution >= 0.6 is 12.6 Å². The summed E-state index contributed by atoms with van der Waals surface area (Å²) in [6.45, 7) is 0. The van der Waals surface area contributed by atoms with Crippen LogP contribution in [0.1, 0.15) is 11.1 Å². The van der Waals surface area contributed by atoms with Crippen molar-refractivity contribution >= 4 is 12.6 Å². The molecule has 0 saturated heterocycles. The Kier molecular flexibility index (Phi) is 3.32. The quantitative estimate of drug-likeness (QED) is 0.627. The van der Waals surface area contributed by atoms with Gasteiger partial charge in [-0.25, -0.2) is 0 Å². The van der Waals surface area contributed by atoms with Crippen molar-refractivity contribution in [2.75, 3.05) is 7.11 Å². The Morgan fingerprint density at radius 1 is 0.812 bits per heavy atom. The maximum Gasteiger partial charge on any atom is 0.161 e. The summed E-state index contributed by atoms with van der Waals surface area (Å²) in [5.74, 6) is 0. The molecule has 2 aromatic carbocycles. The van der Waals surface area contributed by atoms with E-state index in [0.717, 1.165) is 11.1 Å². The van der Waals surface area contributed by atoms with Crippen LogP contribution in [-0.4, -0.2) is 7.11 Å². The Hall–Kier alpha value is -1.25. The van der Waals surface area contributed by atoms with E-state index in [-0.39, 0.29) is 0 Å². The van der Waals surface area contributed by atoms with Gasteiger partial charge in [0.05, 0.1) is 0 Å². The molecule has 0 atom stereocenters. The summed E-state index contributed by atoms with van der Waals surface area (Å²) in [4.78, 5) is -0.678. The molecule has 2 heteroatoms. The molecule has 0 aliphatic rings. The van der Waals surface area contributed by atoms with Crippen molar-refractivity contribution < 1.29 is 4.74 Å². The lowest BCUT2D eigenvalue weighted by Gasteiger charge is -2.28. The van der Waals surface area contributed by atoms with Gasteiger partial charge in [-0.05, 0) is 11.1 Å². The molecule has 0 radical (unpaired) electrons. The highest BCUT2D eigenvalue weighted by Gasteiger charge is 2.29. The van der Waals surface area contributed by atoms with Crippen molar-refractivity contribution in [1.29, 1.82) is 0 Å². The van der Waals surface area contributed by atoms with Crippen LogP contribution in [0.15, 0.2) is 60.7 Å². The number of hydrogen-bond acceptors (Lipinski definition) is 2. The van der Waals surface area contributed by atoms with Gasteiger partial charge in [0.1, 0.15) is 0 Å².